The Morgan fingerprint density at radius 3 is 2.40 bits per heavy atom. The molecule has 1 unspecified atom stereocenters. The average molecular weight is 761 g/mol. The molecule has 0 aromatic heterocycles. The van der Waals surface area contributed by atoms with Crippen LogP contribution in [0.25, 0.3) is 11.1 Å². The molecule has 4 N–H and O–H groups in total. The third kappa shape index (κ3) is 5.39. The average Bonchev–Trinajstić information content (AvgIpc) is 3.80. The molecule has 0 saturated carbocycles. The molecule has 1 aliphatic carbocycles. The molecule has 4 aromatic carbocycles. The van der Waals surface area contributed by atoms with Crippen LogP contribution < -0.4 is 19.9 Å². The molecule has 5 aliphatic rings. The highest BCUT2D eigenvalue weighted by Gasteiger charge is 2.57. The predicted octanol–water partition coefficient (Wildman–Crippen LogP) is 5.64. The van der Waals surface area contributed by atoms with Crippen molar-refractivity contribution in [2.24, 2.45) is 5.73 Å². The second kappa shape index (κ2) is 13.7. The van der Waals surface area contributed by atoms with E-state index in [0.717, 1.165) is 22.4 Å². The van der Waals surface area contributed by atoms with Gasteiger partial charge in [-0.3, -0.25) is 14.6 Å². The van der Waals surface area contributed by atoms with Gasteiger partial charge in [-0.15, -0.1) is 0 Å². The van der Waals surface area contributed by atoms with Gasteiger partial charge in [0.2, 0.25) is 6.79 Å². The van der Waals surface area contributed by atoms with Gasteiger partial charge in [0.1, 0.15) is 24.4 Å². The molecule has 6 atom stereocenters. The summed E-state index contributed by atoms with van der Waals surface area (Å²) in [6, 6.07) is 18.4. The van der Waals surface area contributed by atoms with Crippen LogP contribution in [0.2, 0.25) is 0 Å². The highest BCUT2D eigenvalue weighted by molar-refractivity contribution is 7.99. The Morgan fingerprint density at radius 2 is 1.71 bits per heavy atom. The number of methoxy groups -OCH3 is 1. The van der Waals surface area contributed by atoms with Gasteiger partial charge in [0.25, 0.3) is 0 Å². The first kappa shape index (κ1) is 35.8. The van der Waals surface area contributed by atoms with E-state index in [9.17, 15) is 20.3 Å². The van der Waals surface area contributed by atoms with Gasteiger partial charge in [-0.05, 0) is 67.1 Å². The maximum absolute atomic E-state index is 13.7. The third-order valence-corrected chi connectivity index (χ3v) is 13.7. The second-order valence-corrected chi connectivity index (χ2v) is 16.3. The van der Waals surface area contributed by atoms with Crippen LogP contribution in [0.1, 0.15) is 62.5 Å². The summed E-state index contributed by atoms with van der Waals surface area (Å²) in [5.41, 5.74) is 16.0. The van der Waals surface area contributed by atoms with Crippen molar-refractivity contribution in [3.05, 3.63) is 99.1 Å². The summed E-state index contributed by atoms with van der Waals surface area (Å²) in [6.07, 6.45) is 0.873. The first-order valence-corrected chi connectivity index (χ1v) is 19.9. The van der Waals surface area contributed by atoms with Gasteiger partial charge in [-0.1, -0.05) is 54.6 Å². The number of ether oxygens (including phenoxy) is 4. The normalized spacial score (nSPS) is 23.8. The number of nitrogens with two attached hydrogens (primary N) is 1. The molecule has 4 aromatic rings. The summed E-state index contributed by atoms with van der Waals surface area (Å²) in [5.74, 6) is 2.30. The number of esters is 1. The lowest BCUT2D eigenvalue weighted by molar-refractivity contribution is -0.150. The van der Waals surface area contributed by atoms with Gasteiger partial charge in [-0.2, -0.15) is 17.0 Å². The monoisotopic (exact) mass is 760 g/mol. The van der Waals surface area contributed by atoms with Crippen molar-refractivity contribution in [3.8, 4) is 45.9 Å². The minimum absolute atomic E-state index is 0.0178. The Balaban J connectivity index is 1.02. The predicted molar refractivity (Wildman–Crippen MR) is 208 cm³/mol. The van der Waals surface area contributed by atoms with E-state index in [4.69, 9.17) is 24.7 Å². The van der Waals surface area contributed by atoms with Gasteiger partial charge in [0, 0.05) is 51.8 Å². The molecule has 9 rings (SSSR count). The molecule has 0 amide bonds. The van der Waals surface area contributed by atoms with E-state index in [1.165, 1.54) is 22.3 Å². The van der Waals surface area contributed by atoms with Gasteiger partial charge < -0.3 is 34.9 Å². The van der Waals surface area contributed by atoms with Crippen LogP contribution >= 0.6 is 11.8 Å². The molecule has 4 aliphatic heterocycles. The first-order chi connectivity index (χ1) is 26.6. The molecule has 12 heteroatoms. The minimum atomic E-state index is -0.884. The molecule has 1 fully saturated rings. The molecule has 4 heterocycles. The first-order valence-electron chi connectivity index (χ1n) is 18.7. The summed E-state index contributed by atoms with van der Waals surface area (Å²) in [5, 5.41) is 34.4. The number of carbonyl (C=O) groups excluding carboxylic acids is 1. The summed E-state index contributed by atoms with van der Waals surface area (Å²) in [6.45, 7) is 3.55. The van der Waals surface area contributed by atoms with Crippen molar-refractivity contribution in [1.82, 2.24) is 9.80 Å². The zero-order valence-corrected chi connectivity index (χ0v) is 32.1. The Kier molecular flexibility index (Phi) is 8.89. The Bertz CT molecular complexity index is 2230. The maximum atomic E-state index is 13.7. The molecular formula is C43H44N4O7S. The van der Waals surface area contributed by atoms with Crippen LogP contribution in [-0.4, -0.2) is 89.2 Å². The Labute approximate surface area is 324 Å². The van der Waals surface area contributed by atoms with Crippen molar-refractivity contribution in [2.45, 2.75) is 68.9 Å². The molecule has 0 radical (unpaired) electrons. The van der Waals surface area contributed by atoms with Gasteiger partial charge in [0.05, 0.1) is 25.3 Å². The van der Waals surface area contributed by atoms with Crippen LogP contribution in [0.15, 0.2) is 54.6 Å². The van der Waals surface area contributed by atoms with E-state index in [2.05, 4.69) is 64.4 Å². The number of aryl methyl sites for hydroxylation is 1. The van der Waals surface area contributed by atoms with Gasteiger partial charge in [-0.25, -0.2) is 0 Å². The molecular weight excluding hydrogens is 717 g/mol. The van der Waals surface area contributed by atoms with Crippen LogP contribution in [0.4, 0.5) is 0 Å². The molecule has 1 saturated heterocycles. The second-order valence-electron chi connectivity index (χ2n) is 15.3. The number of nitrogens with zero attached hydrogens (tertiary/aromatic N) is 3. The topological polar surface area (TPSA) is 151 Å². The van der Waals surface area contributed by atoms with Crippen molar-refractivity contribution in [1.29, 1.82) is 5.26 Å². The lowest BCUT2D eigenvalue weighted by Crippen LogP contribution is -2.68. The minimum Gasteiger partial charge on any atom is -0.507 e. The van der Waals surface area contributed by atoms with Gasteiger partial charge in [0.15, 0.2) is 23.0 Å². The third-order valence-electron chi connectivity index (χ3n) is 12.5. The SMILES string of the molecule is COc1c(C)cc2c(c1O)[C@H]1C3Cc4c(O)c(C)c5c(c4[C@H](COC(=O)[C@@H](N)CSCC4c6ccccc6-c6ccccc64)N3[C@@H](C#N)[C@H](C2)N1C)OCO5. The van der Waals surface area contributed by atoms with E-state index in [-0.39, 0.29) is 42.9 Å². The molecule has 55 heavy (non-hydrogen) atoms. The number of carbonyl (C=O) groups is 1. The number of hydrogen-bond acceptors (Lipinski definition) is 12. The van der Waals surface area contributed by atoms with E-state index in [0.29, 0.717) is 52.5 Å². The number of phenols is 2. The number of phenolic OH excluding ortho intramolecular Hbond substituents is 2. The molecule has 284 valence electrons. The number of likely N-dealkylation sites (N-methyl/N-ethyl adjacent to an activating group) is 1. The standard InChI is InChI=1S/C43H44N4O7S/c1-21-13-23-14-31-33(16-44)47-32(37(46(31)3)35(23)39(49)40(21)51-4)15-28-36(42-41(53-20-54-42)22(2)38(28)48)34(47)17-52-43(50)30(45)19-55-18-29-26-11-7-5-9-24(26)25-10-6-8-12-27(25)29/h5-13,29-34,37,48-49H,14-15,17-20,45H2,1-4H3/t30-,31-,32?,33-,34-,37+/m0/s1. The highest BCUT2D eigenvalue weighted by Crippen LogP contribution is 2.58. The number of nitriles is 1. The highest BCUT2D eigenvalue weighted by atomic mass is 32.2. The molecule has 11 nitrogen and oxygen atoms in total. The van der Waals surface area contributed by atoms with E-state index < -0.39 is 30.1 Å². The van der Waals surface area contributed by atoms with Crippen molar-refractivity contribution in [3.63, 3.8) is 0 Å². The summed E-state index contributed by atoms with van der Waals surface area (Å²) in [4.78, 5) is 18.0. The maximum Gasteiger partial charge on any atom is 0.323 e. The van der Waals surface area contributed by atoms with Crippen LogP contribution in [0.3, 0.4) is 0 Å². The largest absolute Gasteiger partial charge is 0.507 e. The Hall–Kier alpha value is -4.93. The van der Waals surface area contributed by atoms with Gasteiger partial charge >= 0.3 is 5.97 Å². The number of fused-ring (bicyclic) bond motifs is 12. The fourth-order valence-electron chi connectivity index (χ4n) is 10.1. The lowest BCUT2D eigenvalue weighted by Gasteiger charge is -2.59. The van der Waals surface area contributed by atoms with Crippen molar-refractivity contribution >= 4 is 17.7 Å². The number of thioether (sulfide) groups is 1. The number of hydrogen-bond donors (Lipinski definition) is 3. The summed E-state index contributed by atoms with van der Waals surface area (Å²) >= 11 is 1.63. The fourth-order valence-corrected chi connectivity index (χ4v) is 11.2. The lowest BCUT2D eigenvalue weighted by atomic mass is 9.71. The smallest absolute Gasteiger partial charge is 0.323 e. The van der Waals surface area contributed by atoms with E-state index >= 15 is 0 Å². The van der Waals surface area contributed by atoms with Crippen LogP contribution in [0.5, 0.6) is 28.7 Å². The Morgan fingerprint density at radius 1 is 1.02 bits per heavy atom. The summed E-state index contributed by atoms with van der Waals surface area (Å²) < 4.78 is 23.7. The number of rotatable bonds is 8. The quantitative estimate of drug-likeness (QED) is 0.191. The zero-order chi connectivity index (χ0) is 38.3. The number of aromatic hydroxyl groups is 2. The number of piperazine rings is 1. The summed E-state index contributed by atoms with van der Waals surface area (Å²) in [7, 11) is 3.53. The number of benzene rings is 4. The van der Waals surface area contributed by atoms with Crippen molar-refractivity contribution in [2.75, 3.05) is 39.1 Å². The van der Waals surface area contributed by atoms with Crippen LogP contribution in [-0.2, 0) is 22.4 Å². The van der Waals surface area contributed by atoms with E-state index in [1.54, 1.807) is 25.8 Å². The fraction of sp³-hybridized carbons (Fsp3) is 0.395. The van der Waals surface area contributed by atoms with E-state index in [1.807, 2.05) is 20.0 Å². The van der Waals surface area contributed by atoms with Crippen LogP contribution in [0, 0.1) is 25.2 Å². The van der Waals surface area contributed by atoms with Crippen molar-refractivity contribution < 1.29 is 34.0 Å². The zero-order valence-electron chi connectivity index (χ0n) is 31.2. The molecule has 0 spiro atoms. The molecule has 2 bridgehead atoms.